The first kappa shape index (κ1) is 24.3. The number of carbonyl (C=O) groups excluding carboxylic acids is 3. The van der Waals surface area contributed by atoms with Gasteiger partial charge in [-0.15, -0.1) is 0 Å². The molecule has 1 unspecified atom stereocenters. The Morgan fingerprint density at radius 1 is 1.15 bits per heavy atom. The standard InChI is InChI=1S/C27H42N2O4/c1-25(2,24(32)33-6)14-12-22(30)28-20-9-8-18-17-7-10-21-27(4,16-13-23(31)29(21)5)19(17)11-15-26(18,20)3/h13,16-21H,7-12,14-15H2,1-6H3,(H,28,30)/t17-,18-,19-,20?,21+,26-,27+/m0/s1. The maximum absolute atomic E-state index is 12.9. The van der Waals surface area contributed by atoms with Crippen molar-refractivity contribution >= 4 is 17.8 Å². The summed E-state index contributed by atoms with van der Waals surface area (Å²) in [6.07, 6.45) is 11.5. The smallest absolute Gasteiger partial charge is 0.311 e. The zero-order valence-corrected chi connectivity index (χ0v) is 21.3. The van der Waals surface area contributed by atoms with Gasteiger partial charge in [-0.3, -0.25) is 14.4 Å². The first-order valence-electron chi connectivity index (χ1n) is 12.8. The van der Waals surface area contributed by atoms with Gasteiger partial charge in [0.2, 0.25) is 11.8 Å². The molecule has 0 aromatic rings. The third-order valence-corrected chi connectivity index (χ3v) is 10.2. The van der Waals surface area contributed by atoms with E-state index in [0.29, 0.717) is 36.6 Å². The van der Waals surface area contributed by atoms with E-state index in [1.165, 1.54) is 13.5 Å². The summed E-state index contributed by atoms with van der Waals surface area (Å²) < 4.78 is 4.88. The zero-order chi connectivity index (χ0) is 24.2. The average molecular weight is 459 g/mol. The molecule has 2 amide bonds. The van der Waals surface area contributed by atoms with Gasteiger partial charge < -0.3 is 15.0 Å². The van der Waals surface area contributed by atoms with E-state index in [-0.39, 0.29) is 34.7 Å². The highest BCUT2D eigenvalue weighted by molar-refractivity contribution is 5.89. The number of esters is 1. The van der Waals surface area contributed by atoms with E-state index in [4.69, 9.17) is 4.74 Å². The lowest BCUT2D eigenvalue weighted by molar-refractivity contribution is -0.151. The summed E-state index contributed by atoms with van der Waals surface area (Å²) in [5, 5.41) is 3.36. The van der Waals surface area contributed by atoms with Crippen molar-refractivity contribution in [1.82, 2.24) is 10.2 Å². The Balaban J connectivity index is 1.43. The van der Waals surface area contributed by atoms with Gasteiger partial charge in [-0.25, -0.2) is 0 Å². The predicted octanol–water partition coefficient (Wildman–Crippen LogP) is 4.09. The first-order valence-corrected chi connectivity index (χ1v) is 12.8. The maximum atomic E-state index is 12.9. The van der Waals surface area contributed by atoms with Crippen LogP contribution in [0.3, 0.4) is 0 Å². The summed E-state index contributed by atoms with van der Waals surface area (Å²) in [7, 11) is 3.36. The molecule has 6 nitrogen and oxygen atoms in total. The fourth-order valence-electron chi connectivity index (χ4n) is 8.05. The van der Waals surface area contributed by atoms with Crippen molar-refractivity contribution in [3.8, 4) is 0 Å². The predicted molar refractivity (Wildman–Crippen MR) is 127 cm³/mol. The van der Waals surface area contributed by atoms with E-state index < -0.39 is 5.41 Å². The monoisotopic (exact) mass is 458 g/mol. The normalized spacial score (nSPS) is 40.0. The highest BCUT2D eigenvalue weighted by atomic mass is 16.5. The second-order valence-corrected chi connectivity index (χ2v) is 12.2. The lowest BCUT2D eigenvalue weighted by atomic mass is 9.48. The van der Waals surface area contributed by atoms with Crippen molar-refractivity contribution in [3.63, 3.8) is 0 Å². The third-order valence-electron chi connectivity index (χ3n) is 10.2. The van der Waals surface area contributed by atoms with Crippen molar-refractivity contribution in [2.24, 2.45) is 34.0 Å². The highest BCUT2D eigenvalue weighted by Crippen LogP contribution is 2.63. The molecule has 4 aliphatic rings. The van der Waals surface area contributed by atoms with Gasteiger partial charge in [-0.1, -0.05) is 19.9 Å². The van der Waals surface area contributed by atoms with Crippen molar-refractivity contribution in [1.29, 1.82) is 0 Å². The van der Waals surface area contributed by atoms with Crippen LogP contribution >= 0.6 is 0 Å². The quantitative estimate of drug-likeness (QED) is 0.630. The molecule has 3 fully saturated rings. The van der Waals surface area contributed by atoms with Crippen molar-refractivity contribution < 1.29 is 19.1 Å². The Morgan fingerprint density at radius 2 is 1.88 bits per heavy atom. The molecule has 7 atom stereocenters. The largest absolute Gasteiger partial charge is 0.469 e. The number of fused-ring (bicyclic) bond motifs is 5. The van der Waals surface area contributed by atoms with E-state index in [1.54, 1.807) is 6.08 Å². The summed E-state index contributed by atoms with van der Waals surface area (Å²) in [5.41, 5.74) is -0.478. The molecule has 0 saturated heterocycles. The number of amides is 2. The second-order valence-electron chi connectivity index (χ2n) is 12.2. The molecule has 3 saturated carbocycles. The van der Waals surface area contributed by atoms with E-state index in [0.717, 1.165) is 32.1 Å². The Bertz CT molecular complexity index is 851. The van der Waals surface area contributed by atoms with Crippen molar-refractivity contribution in [3.05, 3.63) is 12.2 Å². The molecule has 1 N–H and O–H groups in total. The summed E-state index contributed by atoms with van der Waals surface area (Å²) in [5.74, 6) is 1.77. The number of carbonyl (C=O) groups is 3. The molecular weight excluding hydrogens is 416 g/mol. The Hall–Kier alpha value is -1.85. The summed E-state index contributed by atoms with van der Waals surface area (Å²) >= 11 is 0. The number of ether oxygens (including phenoxy) is 1. The number of methoxy groups -OCH3 is 1. The lowest BCUT2D eigenvalue weighted by Gasteiger charge is -2.60. The van der Waals surface area contributed by atoms with E-state index in [9.17, 15) is 14.4 Å². The van der Waals surface area contributed by atoms with Gasteiger partial charge >= 0.3 is 5.97 Å². The first-order chi connectivity index (χ1) is 15.4. The number of hydrogen-bond donors (Lipinski definition) is 1. The topological polar surface area (TPSA) is 75.7 Å². The molecule has 0 radical (unpaired) electrons. The Labute approximate surface area is 198 Å². The fraction of sp³-hybridized carbons (Fsp3) is 0.815. The van der Waals surface area contributed by atoms with Gasteiger partial charge in [0.25, 0.3) is 0 Å². The number of hydrogen-bond acceptors (Lipinski definition) is 4. The second kappa shape index (κ2) is 8.42. The third kappa shape index (κ3) is 3.91. The van der Waals surface area contributed by atoms with Crippen LogP contribution in [0.15, 0.2) is 12.2 Å². The van der Waals surface area contributed by atoms with E-state index >= 15 is 0 Å². The molecule has 0 aromatic carbocycles. The van der Waals surface area contributed by atoms with Gasteiger partial charge in [0.15, 0.2) is 0 Å². The molecule has 0 aromatic heterocycles. The maximum Gasteiger partial charge on any atom is 0.311 e. The van der Waals surface area contributed by atoms with Crippen LogP contribution < -0.4 is 5.32 Å². The number of likely N-dealkylation sites (N-methyl/N-ethyl adjacent to an activating group) is 1. The zero-order valence-electron chi connectivity index (χ0n) is 21.3. The van der Waals surface area contributed by atoms with E-state index in [1.807, 2.05) is 25.8 Å². The molecule has 0 spiro atoms. The van der Waals surface area contributed by atoms with Gasteiger partial charge in [-0.05, 0) is 88.0 Å². The van der Waals surface area contributed by atoms with Gasteiger partial charge in [0, 0.05) is 31.0 Å². The molecule has 184 valence electrons. The molecule has 0 bridgehead atoms. The average Bonchev–Trinajstić information content (AvgIpc) is 3.10. The molecule has 1 aliphatic heterocycles. The lowest BCUT2D eigenvalue weighted by Crippen LogP contribution is -2.60. The molecule has 1 heterocycles. The van der Waals surface area contributed by atoms with Gasteiger partial charge in [0.05, 0.1) is 12.5 Å². The Kier molecular flexibility index (Phi) is 6.20. The molecule has 3 aliphatic carbocycles. The fourth-order valence-corrected chi connectivity index (χ4v) is 8.05. The molecule has 6 heteroatoms. The molecule has 33 heavy (non-hydrogen) atoms. The minimum absolute atomic E-state index is 0.0481. The van der Waals surface area contributed by atoms with Crippen LogP contribution in [-0.2, 0) is 19.1 Å². The van der Waals surface area contributed by atoms with Crippen LogP contribution in [-0.4, -0.2) is 48.9 Å². The number of rotatable bonds is 5. The minimum atomic E-state index is -0.650. The van der Waals surface area contributed by atoms with Gasteiger partial charge in [0.1, 0.15) is 0 Å². The summed E-state index contributed by atoms with van der Waals surface area (Å²) in [6.45, 7) is 8.43. The molecule has 4 rings (SSSR count). The SMILES string of the molecule is COC(=O)C(C)(C)CCC(=O)NC1CC[C@H]2[C@@H]3CC[C@H]4N(C)C(=O)C=C[C@]4(C)[C@H]3CC[C@]12C. The Morgan fingerprint density at radius 3 is 2.58 bits per heavy atom. The number of nitrogens with one attached hydrogen (secondary N) is 1. The van der Waals surface area contributed by atoms with Crippen LogP contribution in [0, 0.1) is 34.0 Å². The van der Waals surface area contributed by atoms with Crippen LogP contribution in [0.25, 0.3) is 0 Å². The van der Waals surface area contributed by atoms with Crippen LogP contribution in [0.5, 0.6) is 0 Å². The highest BCUT2D eigenvalue weighted by Gasteiger charge is 2.60. The molecular formula is C27H42N2O4. The van der Waals surface area contributed by atoms with E-state index in [2.05, 4.69) is 25.2 Å². The van der Waals surface area contributed by atoms with Gasteiger partial charge in [-0.2, -0.15) is 0 Å². The van der Waals surface area contributed by atoms with Crippen molar-refractivity contribution in [2.45, 2.75) is 91.1 Å². The van der Waals surface area contributed by atoms with Crippen LogP contribution in [0.4, 0.5) is 0 Å². The van der Waals surface area contributed by atoms with Crippen LogP contribution in [0.1, 0.15) is 79.1 Å². The summed E-state index contributed by atoms with van der Waals surface area (Å²) in [6, 6.07) is 0.504. The number of nitrogens with zero attached hydrogens (tertiary/aromatic N) is 1. The minimum Gasteiger partial charge on any atom is -0.469 e. The summed E-state index contributed by atoms with van der Waals surface area (Å²) in [4.78, 5) is 39.0. The van der Waals surface area contributed by atoms with Crippen LogP contribution in [0.2, 0.25) is 0 Å². The van der Waals surface area contributed by atoms with Crippen molar-refractivity contribution in [2.75, 3.05) is 14.2 Å².